The van der Waals surface area contributed by atoms with Gasteiger partial charge in [-0.15, -0.1) is 0 Å². The van der Waals surface area contributed by atoms with Crippen molar-refractivity contribution in [1.29, 1.82) is 0 Å². The van der Waals surface area contributed by atoms with E-state index in [9.17, 15) is 9.18 Å². The van der Waals surface area contributed by atoms with Crippen molar-refractivity contribution >= 4 is 17.3 Å². The maximum atomic E-state index is 13.4. The molecule has 2 aromatic carbocycles. The van der Waals surface area contributed by atoms with Crippen LogP contribution in [0.1, 0.15) is 37.7 Å². The second-order valence-electron chi connectivity index (χ2n) is 8.97. The number of fused-ring (bicyclic) bond motifs is 3. The maximum Gasteiger partial charge on any atom is 0.225 e. The molecule has 2 heterocycles. The van der Waals surface area contributed by atoms with Gasteiger partial charge in [0.1, 0.15) is 5.82 Å². The highest BCUT2D eigenvalue weighted by Gasteiger charge is 2.41. The van der Waals surface area contributed by atoms with E-state index in [0.717, 1.165) is 44.6 Å². The Kier molecular flexibility index (Phi) is 5.36. The van der Waals surface area contributed by atoms with E-state index in [4.69, 9.17) is 0 Å². The second-order valence-corrected chi connectivity index (χ2v) is 8.97. The van der Waals surface area contributed by atoms with Crippen LogP contribution in [0.25, 0.3) is 0 Å². The summed E-state index contributed by atoms with van der Waals surface area (Å²) < 4.78 is 13.4. The third-order valence-electron chi connectivity index (χ3n) is 7.10. The Hall–Kier alpha value is -2.56. The number of nitrogens with one attached hydrogen (secondary N) is 1. The molecule has 0 bridgehead atoms. The molecule has 0 aromatic heterocycles. The largest absolute Gasteiger partial charge is 0.368 e. The first-order valence-corrected chi connectivity index (χ1v) is 11.3. The summed E-state index contributed by atoms with van der Waals surface area (Å²) in [4.78, 5) is 18.1. The lowest BCUT2D eigenvalue weighted by atomic mass is 9.82. The van der Waals surface area contributed by atoms with Crippen molar-refractivity contribution in [2.75, 3.05) is 29.4 Å². The number of hydrogen-bond acceptors (Lipinski definition) is 3. The zero-order chi connectivity index (χ0) is 20.5. The molecule has 3 aliphatic rings. The third-order valence-corrected chi connectivity index (χ3v) is 7.10. The minimum absolute atomic E-state index is 0.0647. The molecule has 1 saturated carbocycles. The minimum atomic E-state index is -0.214. The van der Waals surface area contributed by atoms with Crippen LogP contribution in [-0.2, 0) is 11.2 Å². The second kappa shape index (κ2) is 8.29. The van der Waals surface area contributed by atoms with Crippen molar-refractivity contribution in [2.45, 2.75) is 50.6 Å². The minimum Gasteiger partial charge on any atom is -0.368 e. The van der Waals surface area contributed by atoms with Gasteiger partial charge in [-0.3, -0.25) is 4.79 Å². The van der Waals surface area contributed by atoms with Gasteiger partial charge in [-0.2, -0.15) is 0 Å². The number of para-hydroxylation sites is 1. The summed E-state index contributed by atoms with van der Waals surface area (Å²) in [6, 6.07) is 15.7. The lowest BCUT2D eigenvalue weighted by molar-refractivity contribution is -0.126. The summed E-state index contributed by atoms with van der Waals surface area (Å²) in [5, 5.41) is 3.38. The number of benzene rings is 2. The number of hydrogen-bond donors (Lipinski definition) is 1. The highest BCUT2D eigenvalue weighted by molar-refractivity contribution is 5.82. The van der Waals surface area contributed by atoms with Gasteiger partial charge >= 0.3 is 0 Å². The molecular formula is C25H30FN3O. The molecule has 30 heavy (non-hydrogen) atoms. The number of nitrogens with zero attached hydrogens (tertiary/aromatic N) is 2. The zero-order valence-corrected chi connectivity index (χ0v) is 17.4. The lowest BCUT2D eigenvalue weighted by Gasteiger charge is -2.50. The molecule has 1 saturated heterocycles. The van der Waals surface area contributed by atoms with Gasteiger partial charge in [-0.25, -0.2) is 4.39 Å². The van der Waals surface area contributed by atoms with Crippen LogP contribution in [0.4, 0.5) is 15.8 Å². The molecule has 1 N–H and O–H groups in total. The Morgan fingerprint density at radius 2 is 1.73 bits per heavy atom. The fraction of sp³-hybridized carbons (Fsp3) is 0.480. The summed E-state index contributed by atoms with van der Waals surface area (Å²) in [5.74, 6) is -0.0776. The fourth-order valence-electron chi connectivity index (χ4n) is 5.50. The predicted molar refractivity (Wildman–Crippen MR) is 118 cm³/mol. The molecule has 2 fully saturated rings. The fourth-order valence-corrected chi connectivity index (χ4v) is 5.50. The van der Waals surface area contributed by atoms with Crippen LogP contribution in [0.2, 0.25) is 0 Å². The van der Waals surface area contributed by atoms with Crippen molar-refractivity contribution < 1.29 is 9.18 Å². The van der Waals surface area contributed by atoms with Crippen LogP contribution in [-0.4, -0.2) is 37.6 Å². The third kappa shape index (κ3) is 3.78. The van der Waals surface area contributed by atoms with Crippen LogP contribution in [0, 0.1) is 11.7 Å². The summed E-state index contributed by atoms with van der Waals surface area (Å²) in [5.41, 5.74) is 3.57. The number of rotatable bonds is 3. The molecular weight excluding hydrogens is 377 g/mol. The molecule has 2 aliphatic heterocycles. The Bertz CT molecular complexity index is 894. The van der Waals surface area contributed by atoms with Gasteiger partial charge in [0.25, 0.3) is 0 Å². The molecule has 1 aliphatic carbocycles. The molecule has 0 radical (unpaired) electrons. The maximum absolute atomic E-state index is 13.4. The first-order chi connectivity index (χ1) is 14.7. The van der Waals surface area contributed by atoms with Gasteiger partial charge in [0, 0.05) is 37.1 Å². The standard InChI is InChI=1S/C25H30FN3O/c26-19-10-12-21(13-11-19)28-14-15-29-23-9-5-4-6-18(23)16-22(24(29)17-28)25(30)27-20-7-2-1-3-8-20/h4-6,9-13,20,22,24H,1-3,7-8,14-17H2,(H,27,30)/t22-,24+/m0/s1. The van der Waals surface area contributed by atoms with Crippen LogP contribution in [0.5, 0.6) is 0 Å². The van der Waals surface area contributed by atoms with Crippen molar-refractivity contribution in [3.63, 3.8) is 0 Å². The number of carbonyl (C=O) groups excluding carboxylic acids is 1. The van der Waals surface area contributed by atoms with Crippen LogP contribution < -0.4 is 15.1 Å². The van der Waals surface area contributed by atoms with Crippen LogP contribution in [0.3, 0.4) is 0 Å². The average Bonchev–Trinajstić information content (AvgIpc) is 2.79. The van der Waals surface area contributed by atoms with Gasteiger partial charge in [-0.1, -0.05) is 37.5 Å². The number of anilines is 2. The van der Waals surface area contributed by atoms with E-state index in [1.807, 2.05) is 12.1 Å². The molecule has 2 atom stereocenters. The SMILES string of the molecule is O=C(NC1CCCCC1)[C@H]1Cc2ccccc2N2CCN(c3ccc(F)cc3)C[C@H]12. The van der Waals surface area contributed by atoms with E-state index in [-0.39, 0.29) is 23.7 Å². The van der Waals surface area contributed by atoms with Gasteiger partial charge in [0.2, 0.25) is 5.91 Å². The van der Waals surface area contributed by atoms with Crippen molar-refractivity contribution in [3.05, 3.63) is 59.9 Å². The summed E-state index contributed by atoms with van der Waals surface area (Å²) in [6.07, 6.45) is 6.70. The summed E-state index contributed by atoms with van der Waals surface area (Å²) in [6.45, 7) is 2.52. The van der Waals surface area contributed by atoms with E-state index in [2.05, 4.69) is 39.4 Å². The number of halogens is 1. The normalized spacial score (nSPS) is 24.2. The smallest absolute Gasteiger partial charge is 0.225 e. The van der Waals surface area contributed by atoms with Crippen LogP contribution >= 0.6 is 0 Å². The predicted octanol–water partition coefficient (Wildman–Crippen LogP) is 4.14. The Morgan fingerprint density at radius 3 is 2.53 bits per heavy atom. The molecule has 5 heteroatoms. The highest BCUT2D eigenvalue weighted by atomic mass is 19.1. The number of carbonyl (C=O) groups is 1. The monoisotopic (exact) mass is 407 g/mol. The Labute approximate surface area is 178 Å². The molecule has 5 rings (SSSR count). The van der Waals surface area contributed by atoms with Crippen molar-refractivity contribution in [2.24, 2.45) is 5.92 Å². The van der Waals surface area contributed by atoms with E-state index in [1.165, 1.54) is 42.6 Å². The first-order valence-electron chi connectivity index (χ1n) is 11.3. The molecule has 158 valence electrons. The highest BCUT2D eigenvalue weighted by Crippen LogP contribution is 2.37. The average molecular weight is 408 g/mol. The quantitative estimate of drug-likeness (QED) is 0.831. The lowest BCUT2D eigenvalue weighted by Crippen LogP contribution is -2.61. The summed E-state index contributed by atoms with van der Waals surface area (Å²) >= 11 is 0. The Balaban J connectivity index is 1.40. The molecule has 1 amide bonds. The van der Waals surface area contributed by atoms with Gasteiger partial charge in [-0.05, 0) is 55.2 Å². The molecule has 0 unspecified atom stereocenters. The van der Waals surface area contributed by atoms with Gasteiger partial charge < -0.3 is 15.1 Å². The number of piperazine rings is 1. The summed E-state index contributed by atoms with van der Waals surface area (Å²) in [7, 11) is 0. The van der Waals surface area contributed by atoms with Gasteiger partial charge in [0.15, 0.2) is 0 Å². The Morgan fingerprint density at radius 1 is 0.967 bits per heavy atom. The first kappa shape index (κ1) is 19.4. The van der Waals surface area contributed by atoms with Crippen molar-refractivity contribution in [3.8, 4) is 0 Å². The van der Waals surface area contributed by atoms with E-state index in [0.29, 0.717) is 6.04 Å². The van der Waals surface area contributed by atoms with E-state index in [1.54, 1.807) is 0 Å². The zero-order valence-electron chi connectivity index (χ0n) is 17.4. The number of amides is 1. The van der Waals surface area contributed by atoms with E-state index >= 15 is 0 Å². The van der Waals surface area contributed by atoms with E-state index < -0.39 is 0 Å². The molecule has 4 nitrogen and oxygen atoms in total. The van der Waals surface area contributed by atoms with Crippen molar-refractivity contribution in [1.82, 2.24) is 5.32 Å². The topological polar surface area (TPSA) is 35.6 Å². The molecule has 0 spiro atoms. The van der Waals surface area contributed by atoms with Crippen LogP contribution in [0.15, 0.2) is 48.5 Å². The van der Waals surface area contributed by atoms with Gasteiger partial charge in [0.05, 0.1) is 12.0 Å². The molecule has 2 aromatic rings.